The molecule has 1 aromatic heterocycles. The first-order chi connectivity index (χ1) is 16.3. The molecule has 8 heteroatoms. The van der Waals surface area contributed by atoms with E-state index >= 15 is 0 Å². The number of guanidine groups is 1. The van der Waals surface area contributed by atoms with Gasteiger partial charge in [-0.15, -0.1) is 10.2 Å². The summed E-state index contributed by atoms with van der Waals surface area (Å²) in [6, 6.07) is 14.2. The van der Waals surface area contributed by atoms with Crippen LogP contribution in [0.1, 0.15) is 42.0 Å². The van der Waals surface area contributed by atoms with Gasteiger partial charge in [0.2, 0.25) is 0 Å². The van der Waals surface area contributed by atoms with Crippen molar-refractivity contribution in [3.63, 3.8) is 0 Å². The lowest BCUT2D eigenvalue weighted by Crippen LogP contribution is -2.32. The Labute approximate surface area is 194 Å². The van der Waals surface area contributed by atoms with Crippen LogP contribution >= 0.6 is 0 Å². The van der Waals surface area contributed by atoms with Crippen molar-refractivity contribution in [1.82, 2.24) is 20.1 Å². The SMILES string of the molecule is Cc1ccccc1CN=C(NCc1nnc2n1CCCC2)Nc1ccc2c(c1)OCCCO2. The van der Waals surface area contributed by atoms with E-state index in [-0.39, 0.29) is 0 Å². The molecular formula is C25H30N6O2. The van der Waals surface area contributed by atoms with Crippen molar-refractivity contribution >= 4 is 11.6 Å². The summed E-state index contributed by atoms with van der Waals surface area (Å²) in [5, 5.41) is 15.6. The molecule has 2 aromatic carbocycles. The summed E-state index contributed by atoms with van der Waals surface area (Å²) in [6.07, 6.45) is 4.23. The number of hydrogen-bond donors (Lipinski definition) is 2. The van der Waals surface area contributed by atoms with Gasteiger partial charge in [-0.3, -0.25) is 0 Å². The van der Waals surface area contributed by atoms with Crippen molar-refractivity contribution in [1.29, 1.82) is 0 Å². The van der Waals surface area contributed by atoms with E-state index in [1.54, 1.807) is 0 Å². The number of nitrogens with one attached hydrogen (secondary N) is 2. The molecule has 0 fully saturated rings. The number of aryl methyl sites for hydroxylation is 2. The zero-order valence-electron chi connectivity index (χ0n) is 19.0. The normalized spacial score (nSPS) is 15.5. The molecule has 3 aromatic rings. The van der Waals surface area contributed by atoms with E-state index in [1.807, 2.05) is 30.3 Å². The number of anilines is 1. The molecule has 172 valence electrons. The molecule has 0 amide bonds. The van der Waals surface area contributed by atoms with Crippen molar-refractivity contribution in [2.75, 3.05) is 18.5 Å². The Bertz CT molecular complexity index is 1140. The summed E-state index contributed by atoms with van der Waals surface area (Å²) in [5.41, 5.74) is 3.30. The molecule has 3 heterocycles. The topological polar surface area (TPSA) is 85.6 Å². The fourth-order valence-corrected chi connectivity index (χ4v) is 4.13. The number of aliphatic imine (C=N–C) groups is 1. The molecule has 0 saturated carbocycles. The molecule has 0 radical (unpaired) electrons. The Balaban J connectivity index is 1.35. The van der Waals surface area contributed by atoms with Crippen LogP contribution in [0, 0.1) is 6.92 Å². The second-order valence-corrected chi connectivity index (χ2v) is 8.42. The van der Waals surface area contributed by atoms with Crippen LogP contribution in [-0.2, 0) is 26.1 Å². The van der Waals surface area contributed by atoms with E-state index < -0.39 is 0 Å². The van der Waals surface area contributed by atoms with Gasteiger partial charge in [0.25, 0.3) is 0 Å². The van der Waals surface area contributed by atoms with Crippen molar-refractivity contribution in [2.45, 2.75) is 52.2 Å². The lowest BCUT2D eigenvalue weighted by Gasteiger charge is -2.17. The Hall–Kier alpha value is -3.55. The Kier molecular flexibility index (Phi) is 6.41. The number of hydrogen-bond acceptors (Lipinski definition) is 5. The molecule has 0 atom stereocenters. The molecule has 0 unspecified atom stereocenters. The average Bonchev–Trinajstić information content (AvgIpc) is 3.10. The highest BCUT2D eigenvalue weighted by Gasteiger charge is 2.16. The first-order valence-corrected chi connectivity index (χ1v) is 11.7. The van der Waals surface area contributed by atoms with Crippen molar-refractivity contribution in [2.24, 2.45) is 4.99 Å². The fraction of sp³-hybridized carbons (Fsp3) is 0.400. The van der Waals surface area contributed by atoms with Gasteiger partial charge in [0.05, 0.1) is 26.3 Å². The summed E-state index contributed by atoms with van der Waals surface area (Å²) in [7, 11) is 0. The Morgan fingerprint density at radius 1 is 1.03 bits per heavy atom. The molecule has 8 nitrogen and oxygen atoms in total. The number of nitrogens with zero attached hydrogens (tertiary/aromatic N) is 4. The summed E-state index contributed by atoms with van der Waals surface area (Å²) in [6.45, 7) is 5.54. The molecule has 2 aliphatic heterocycles. The minimum Gasteiger partial charge on any atom is -0.490 e. The highest BCUT2D eigenvalue weighted by Crippen LogP contribution is 2.32. The van der Waals surface area contributed by atoms with Gasteiger partial charge in [0.15, 0.2) is 23.3 Å². The lowest BCUT2D eigenvalue weighted by molar-refractivity contribution is 0.297. The standard InChI is InChI=1S/C25H30N6O2/c1-18-7-2-3-8-19(18)16-26-25(27-17-24-30-29-23-9-4-5-12-31(23)24)28-20-10-11-21-22(15-20)33-14-6-13-32-21/h2-3,7-8,10-11,15H,4-6,9,12-14,16-17H2,1H3,(H2,26,27,28). The number of aromatic nitrogens is 3. The highest BCUT2D eigenvalue weighted by atomic mass is 16.5. The monoisotopic (exact) mass is 446 g/mol. The van der Waals surface area contributed by atoms with Crippen LogP contribution in [0.15, 0.2) is 47.5 Å². The zero-order chi connectivity index (χ0) is 22.5. The van der Waals surface area contributed by atoms with Crippen LogP contribution < -0.4 is 20.1 Å². The van der Waals surface area contributed by atoms with E-state index in [4.69, 9.17) is 14.5 Å². The maximum atomic E-state index is 5.85. The second kappa shape index (κ2) is 9.94. The summed E-state index contributed by atoms with van der Waals surface area (Å²) < 4.78 is 13.8. The molecule has 0 saturated heterocycles. The lowest BCUT2D eigenvalue weighted by atomic mass is 10.1. The first kappa shape index (κ1) is 21.3. The van der Waals surface area contributed by atoms with Crippen molar-refractivity contribution < 1.29 is 9.47 Å². The Morgan fingerprint density at radius 2 is 1.91 bits per heavy atom. The quantitative estimate of drug-likeness (QED) is 0.458. The molecule has 5 rings (SSSR count). The maximum Gasteiger partial charge on any atom is 0.196 e. The number of ether oxygens (including phenoxy) is 2. The summed E-state index contributed by atoms with van der Waals surface area (Å²) in [5.74, 6) is 4.23. The molecule has 0 spiro atoms. The van der Waals surface area contributed by atoms with Gasteiger partial charge in [-0.1, -0.05) is 24.3 Å². The van der Waals surface area contributed by atoms with E-state index in [0.717, 1.165) is 48.2 Å². The predicted molar refractivity (Wildman–Crippen MR) is 128 cm³/mol. The third kappa shape index (κ3) is 5.10. The fourth-order valence-electron chi connectivity index (χ4n) is 4.13. The molecule has 33 heavy (non-hydrogen) atoms. The van der Waals surface area contributed by atoms with E-state index in [9.17, 15) is 0 Å². The van der Waals surface area contributed by atoms with Gasteiger partial charge in [-0.2, -0.15) is 0 Å². The van der Waals surface area contributed by atoms with Crippen LogP contribution in [0.3, 0.4) is 0 Å². The maximum absolute atomic E-state index is 5.85. The third-order valence-electron chi connectivity index (χ3n) is 6.03. The molecule has 2 aliphatic rings. The van der Waals surface area contributed by atoms with E-state index in [0.29, 0.717) is 32.3 Å². The van der Waals surface area contributed by atoms with Gasteiger partial charge in [0, 0.05) is 31.1 Å². The van der Waals surface area contributed by atoms with Gasteiger partial charge in [-0.25, -0.2) is 4.99 Å². The van der Waals surface area contributed by atoms with Gasteiger partial charge in [-0.05, 0) is 43.0 Å². The van der Waals surface area contributed by atoms with Gasteiger partial charge >= 0.3 is 0 Å². The van der Waals surface area contributed by atoms with Crippen LogP contribution in [-0.4, -0.2) is 33.9 Å². The minimum absolute atomic E-state index is 0.553. The van der Waals surface area contributed by atoms with E-state index in [2.05, 4.69) is 44.5 Å². The summed E-state index contributed by atoms with van der Waals surface area (Å²) >= 11 is 0. The first-order valence-electron chi connectivity index (χ1n) is 11.7. The molecule has 0 aliphatic carbocycles. The molecule has 0 bridgehead atoms. The summed E-state index contributed by atoms with van der Waals surface area (Å²) in [4.78, 5) is 4.86. The minimum atomic E-state index is 0.553. The Morgan fingerprint density at radius 3 is 2.82 bits per heavy atom. The van der Waals surface area contributed by atoms with Crippen molar-refractivity contribution in [3.8, 4) is 11.5 Å². The second-order valence-electron chi connectivity index (χ2n) is 8.42. The number of rotatable bonds is 5. The average molecular weight is 447 g/mol. The van der Waals surface area contributed by atoms with Gasteiger partial charge < -0.3 is 24.7 Å². The van der Waals surface area contributed by atoms with E-state index in [1.165, 1.54) is 24.0 Å². The van der Waals surface area contributed by atoms with Crippen LogP contribution in [0.25, 0.3) is 0 Å². The van der Waals surface area contributed by atoms with Crippen molar-refractivity contribution in [3.05, 3.63) is 65.2 Å². The zero-order valence-corrected chi connectivity index (χ0v) is 19.0. The smallest absolute Gasteiger partial charge is 0.196 e. The molecular weight excluding hydrogens is 416 g/mol. The van der Waals surface area contributed by atoms with Gasteiger partial charge in [0.1, 0.15) is 5.82 Å². The van der Waals surface area contributed by atoms with Crippen LogP contribution in [0.2, 0.25) is 0 Å². The third-order valence-corrected chi connectivity index (χ3v) is 6.03. The van der Waals surface area contributed by atoms with Crippen LogP contribution in [0.4, 0.5) is 5.69 Å². The highest BCUT2D eigenvalue weighted by molar-refractivity contribution is 5.93. The predicted octanol–water partition coefficient (Wildman–Crippen LogP) is 3.84. The number of benzene rings is 2. The largest absolute Gasteiger partial charge is 0.490 e. The molecule has 2 N–H and O–H groups in total. The number of fused-ring (bicyclic) bond motifs is 2. The van der Waals surface area contributed by atoms with Crippen LogP contribution in [0.5, 0.6) is 11.5 Å².